The molecule has 1 heterocycles. The van der Waals surface area contributed by atoms with Gasteiger partial charge in [-0.1, -0.05) is 0 Å². The Morgan fingerprint density at radius 2 is 1.59 bits per heavy atom. The second-order valence-corrected chi connectivity index (χ2v) is 8.05. The van der Waals surface area contributed by atoms with Crippen LogP contribution in [0.25, 0.3) is 0 Å². The zero-order valence-electron chi connectivity index (χ0n) is 20.1. The SMILES string of the molecule is NC(=O)CCC(NC(=O)C(CO)NC(=O)C(CCCN=C(N)N)NC(=O)C(N)Cc1cnc[nH]1)C(=O)O. The van der Waals surface area contributed by atoms with Gasteiger partial charge in [-0.2, -0.15) is 0 Å². The fourth-order valence-corrected chi connectivity index (χ4v) is 3.06. The zero-order chi connectivity index (χ0) is 28.0. The van der Waals surface area contributed by atoms with Crippen LogP contribution in [0.3, 0.4) is 0 Å². The minimum absolute atomic E-state index is 0.0429. The van der Waals surface area contributed by atoms with Crippen LogP contribution in [0.1, 0.15) is 31.4 Å². The molecule has 4 unspecified atom stereocenters. The summed E-state index contributed by atoms with van der Waals surface area (Å²) in [6.45, 7) is -0.736. The van der Waals surface area contributed by atoms with Crippen LogP contribution in [0, 0.1) is 0 Å². The van der Waals surface area contributed by atoms with E-state index >= 15 is 0 Å². The molecule has 0 aliphatic rings. The largest absolute Gasteiger partial charge is 0.480 e. The van der Waals surface area contributed by atoms with Gasteiger partial charge in [0, 0.05) is 31.3 Å². The van der Waals surface area contributed by atoms with Crippen LogP contribution in [0.2, 0.25) is 0 Å². The minimum atomic E-state index is -1.56. The minimum Gasteiger partial charge on any atom is -0.480 e. The topological polar surface area (TPSA) is 307 Å². The summed E-state index contributed by atoms with van der Waals surface area (Å²) in [5.41, 5.74) is 22.1. The molecule has 1 aromatic heterocycles. The lowest BCUT2D eigenvalue weighted by molar-refractivity contribution is -0.143. The summed E-state index contributed by atoms with van der Waals surface area (Å²) in [5.74, 6) is -4.89. The lowest BCUT2D eigenvalue weighted by Gasteiger charge is -2.24. The predicted molar refractivity (Wildman–Crippen MR) is 129 cm³/mol. The smallest absolute Gasteiger partial charge is 0.326 e. The fourth-order valence-electron chi connectivity index (χ4n) is 3.06. The number of aliphatic carboxylic acids is 1. The van der Waals surface area contributed by atoms with Crippen LogP contribution in [-0.4, -0.2) is 93.1 Å². The van der Waals surface area contributed by atoms with E-state index in [9.17, 15) is 34.2 Å². The monoisotopic (exact) mass is 526 g/mol. The molecule has 17 nitrogen and oxygen atoms in total. The molecule has 0 aliphatic heterocycles. The average molecular weight is 527 g/mol. The predicted octanol–water partition coefficient (Wildman–Crippen LogP) is -4.87. The quantitative estimate of drug-likeness (QED) is 0.0521. The molecule has 4 amide bonds. The maximum absolute atomic E-state index is 12.9. The first-order valence-corrected chi connectivity index (χ1v) is 11.3. The maximum Gasteiger partial charge on any atom is 0.326 e. The number of imidazole rings is 1. The summed E-state index contributed by atoms with van der Waals surface area (Å²) in [6.07, 6.45) is 2.72. The Morgan fingerprint density at radius 3 is 2.14 bits per heavy atom. The summed E-state index contributed by atoms with van der Waals surface area (Å²) >= 11 is 0. The van der Waals surface area contributed by atoms with Gasteiger partial charge in [-0.05, 0) is 19.3 Å². The van der Waals surface area contributed by atoms with Crippen molar-refractivity contribution in [1.29, 1.82) is 0 Å². The first-order chi connectivity index (χ1) is 17.4. The first-order valence-electron chi connectivity index (χ1n) is 11.3. The molecule has 0 saturated heterocycles. The van der Waals surface area contributed by atoms with Crippen molar-refractivity contribution in [2.45, 2.75) is 56.3 Å². The lowest BCUT2D eigenvalue weighted by Crippen LogP contribution is -2.58. The van der Waals surface area contributed by atoms with E-state index in [1.54, 1.807) is 0 Å². The number of hydrogen-bond acceptors (Lipinski definition) is 9. The first kappa shape index (κ1) is 30.8. The number of amides is 4. The highest BCUT2D eigenvalue weighted by atomic mass is 16.4. The highest BCUT2D eigenvalue weighted by Crippen LogP contribution is 2.04. The molecular formula is C20H34N10O7. The molecule has 14 N–H and O–H groups in total. The highest BCUT2D eigenvalue weighted by molar-refractivity contribution is 5.94. The van der Waals surface area contributed by atoms with Crippen LogP contribution >= 0.6 is 0 Å². The van der Waals surface area contributed by atoms with Crippen molar-refractivity contribution in [3.8, 4) is 0 Å². The number of aromatic nitrogens is 2. The molecule has 0 spiro atoms. The molecule has 17 heteroatoms. The summed E-state index contributed by atoms with van der Waals surface area (Å²) in [6, 6.07) is -5.27. The van der Waals surface area contributed by atoms with Gasteiger partial charge in [0.15, 0.2) is 5.96 Å². The normalized spacial score (nSPS) is 13.9. The van der Waals surface area contributed by atoms with E-state index in [0.717, 1.165) is 0 Å². The number of hydrogen-bond donors (Lipinski definition) is 10. The Hall–Kier alpha value is -4.25. The number of aliphatic imine (C=N–C) groups is 1. The molecule has 0 radical (unpaired) electrons. The molecule has 0 bridgehead atoms. The number of nitrogens with zero attached hydrogens (tertiary/aromatic N) is 2. The standard InChI is InChI=1S/C20H34N10O7/c21-11(6-10-7-25-9-27-10)16(33)28-12(2-1-5-26-20(23)24)17(34)30-14(8-31)18(35)29-13(19(36)37)3-4-15(22)32/h7,9,11-14,31H,1-6,8,21H2,(H2,22,32)(H,25,27)(H,28,33)(H,29,35)(H,30,34)(H,36,37)(H4,23,24,26). The Kier molecular flexibility index (Phi) is 13.0. The van der Waals surface area contributed by atoms with Crippen molar-refractivity contribution >= 4 is 35.6 Å². The number of guanidine groups is 1. The molecule has 1 aromatic rings. The third kappa shape index (κ3) is 11.8. The number of nitrogens with two attached hydrogens (primary N) is 4. The van der Waals surface area contributed by atoms with Crippen LogP contribution in [0.15, 0.2) is 17.5 Å². The van der Waals surface area contributed by atoms with Crippen molar-refractivity contribution in [3.63, 3.8) is 0 Å². The van der Waals surface area contributed by atoms with Crippen molar-refractivity contribution in [2.24, 2.45) is 27.9 Å². The van der Waals surface area contributed by atoms with Gasteiger partial charge in [-0.3, -0.25) is 24.2 Å². The molecule has 37 heavy (non-hydrogen) atoms. The van der Waals surface area contributed by atoms with Crippen LogP contribution in [-0.2, 0) is 30.4 Å². The number of carboxylic acid groups (broad SMARTS) is 1. The molecule has 0 fully saturated rings. The van der Waals surface area contributed by atoms with Crippen LogP contribution in [0.5, 0.6) is 0 Å². The molecular weight excluding hydrogens is 492 g/mol. The second-order valence-electron chi connectivity index (χ2n) is 8.05. The van der Waals surface area contributed by atoms with Crippen LogP contribution < -0.4 is 38.9 Å². The van der Waals surface area contributed by atoms with Gasteiger partial charge in [0.05, 0.1) is 19.0 Å². The Labute approximate surface area is 211 Å². The number of aromatic amines is 1. The van der Waals surface area contributed by atoms with Gasteiger partial charge in [0.25, 0.3) is 0 Å². The number of carbonyl (C=O) groups is 5. The van der Waals surface area contributed by atoms with Gasteiger partial charge in [0.2, 0.25) is 23.6 Å². The van der Waals surface area contributed by atoms with E-state index in [-0.39, 0.29) is 44.6 Å². The van der Waals surface area contributed by atoms with Crippen LogP contribution in [0.4, 0.5) is 0 Å². The van der Waals surface area contributed by atoms with Crippen molar-refractivity contribution in [3.05, 3.63) is 18.2 Å². The van der Waals surface area contributed by atoms with Gasteiger partial charge >= 0.3 is 5.97 Å². The summed E-state index contributed by atoms with van der Waals surface area (Å²) in [5, 5.41) is 25.8. The van der Waals surface area contributed by atoms with Crippen molar-refractivity contribution in [2.75, 3.05) is 13.2 Å². The molecule has 4 atom stereocenters. The number of aliphatic hydroxyl groups excluding tert-OH is 1. The molecule has 0 aromatic carbocycles. The summed E-state index contributed by atoms with van der Waals surface area (Å²) < 4.78 is 0. The van der Waals surface area contributed by atoms with Gasteiger partial charge in [-0.25, -0.2) is 9.78 Å². The van der Waals surface area contributed by atoms with Gasteiger partial charge in [-0.15, -0.1) is 0 Å². The Balaban J connectivity index is 2.88. The number of H-pyrrole nitrogens is 1. The van der Waals surface area contributed by atoms with E-state index in [1.165, 1.54) is 12.5 Å². The average Bonchev–Trinajstić information content (AvgIpc) is 3.34. The second kappa shape index (κ2) is 15.7. The molecule has 1 rings (SSSR count). The maximum atomic E-state index is 12.9. The Bertz CT molecular complexity index is 949. The van der Waals surface area contributed by atoms with E-state index in [0.29, 0.717) is 5.69 Å². The third-order valence-corrected chi connectivity index (χ3v) is 5.02. The lowest BCUT2D eigenvalue weighted by atomic mass is 10.1. The van der Waals surface area contributed by atoms with Gasteiger partial charge < -0.3 is 54.1 Å². The van der Waals surface area contributed by atoms with E-state index in [1.807, 2.05) is 0 Å². The van der Waals surface area contributed by atoms with E-state index in [2.05, 4.69) is 30.9 Å². The fraction of sp³-hybridized carbons (Fsp3) is 0.550. The van der Waals surface area contributed by atoms with E-state index in [4.69, 9.17) is 22.9 Å². The number of nitrogens with one attached hydrogen (secondary N) is 4. The highest BCUT2D eigenvalue weighted by Gasteiger charge is 2.30. The molecule has 0 aliphatic carbocycles. The number of primary amides is 1. The number of rotatable bonds is 17. The third-order valence-electron chi connectivity index (χ3n) is 5.02. The molecule has 206 valence electrons. The number of aliphatic hydroxyl groups is 1. The zero-order valence-corrected chi connectivity index (χ0v) is 20.1. The summed E-state index contributed by atoms with van der Waals surface area (Å²) in [4.78, 5) is 70.8. The van der Waals surface area contributed by atoms with Crippen molar-refractivity contribution < 1.29 is 34.2 Å². The van der Waals surface area contributed by atoms with Gasteiger partial charge in [0.1, 0.15) is 18.1 Å². The summed E-state index contributed by atoms with van der Waals surface area (Å²) in [7, 11) is 0. The number of carbonyl (C=O) groups excluding carboxylic acids is 4. The number of carboxylic acids is 1. The van der Waals surface area contributed by atoms with Crippen molar-refractivity contribution in [1.82, 2.24) is 25.9 Å². The molecule has 0 saturated carbocycles. The Morgan fingerprint density at radius 1 is 0.973 bits per heavy atom. The van der Waals surface area contributed by atoms with E-state index < -0.39 is 60.4 Å².